The van der Waals surface area contributed by atoms with E-state index >= 15 is 0 Å². The summed E-state index contributed by atoms with van der Waals surface area (Å²) in [4.78, 5) is 12.6. The molecule has 88 valence electrons. The molecular formula is C9H18N2O4. The van der Waals surface area contributed by atoms with Gasteiger partial charge >= 0.3 is 6.09 Å². The topological polar surface area (TPSA) is 82.0 Å². The Morgan fingerprint density at radius 1 is 1.67 bits per heavy atom. The standard InChI is InChI=1S/C9H18N2O4/c1-15-8-6-11(4-5-12)3-2-7(8)10-9(13)14/h7-8,10,12H,2-6H2,1H3,(H,13,14)/t7-,8+/m1/s1. The SMILES string of the molecule is CO[C@H]1CN(CCO)CC[C@H]1NC(=O)O. The number of aliphatic hydroxyl groups is 1. The molecule has 1 rings (SSSR count). The molecule has 6 nitrogen and oxygen atoms in total. The highest BCUT2D eigenvalue weighted by molar-refractivity contribution is 5.64. The van der Waals surface area contributed by atoms with Crippen LogP contribution in [0.25, 0.3) is 0 Å². The third-order valence-electron chi connectivity index (χ3n) is 2.67. The molecule has 0 bridgehead atoms. The average Bonchev–Trinajstić information content (AvgIpc) is 2.20. The summed E-state index contributed by atoms with van der Waals surface area (Å²) < 4.78 is 5.23. The van der Waals surface area contributed by atoms with Gasteiger partial charge in [0, 0.05) is 26.7 Å². The maximum Gasteiger partial charge on any atom is 0.404 e. The first kappa shape index (κ1) is 12.2. The summed E-state index contributed by atoms with van der Waals surface area (Å²) in [6.07, 6.45) is -0.441. The Balaban J connectivity index is 2.45. The van der Waals surface area contributed by atoms with Crippen LogP contribution in [0.3, 0.4) is 0 Å². The number of piperidine rings is 1. The molecule has 1 saturated heterocycles. The van der Waals surface area contributed by atoms with Gasteiger partial charge in [0.2, 0.25) is 0 Å². The van der Waals surface area contributed by atoms with Crippen LogP contribution in [0.1, 0.15) is 6.42 Å². The largest absolute Gasteiger partial charge is 0.465 e. The molecule has 0 aromatic heterocycles. The van der Waals surface area contributed by atoms with Crippen molar-refractivity contribution in [3.63, 3.8) is 0 Å². The first-order valence-electron chi connectivity index (χ1n) is 5.03. The molecular weight excluding hydrogens is 200 g/mol. The molecule has 0 aromatic carbocycles. The van der Waals surface area contributed by atoms with Gasteiger partial charge in [0.25, 0.3) is 0 Å². The van der Waals surface area contributed by atoms with Gasteiger partial charge in [-0.3, -0.25) is 4.90 Å². The van der Waals surface area contributed by atoms with Crippen LogP contribution in [0.4, 0.5) is 4.79 Å². The number of amides is 1. The monoisotopic (exact) mass is 218 g/mol. The van der Waals surface area contributed by atoms with E-state index in [2.05, 4.69) is 10.2 Å². The highest BCUT2D eigenvalue weighted by atomic mass is 16.5. The number of β-amino-alcohol motifs (C(OH)–C–C–N with tert-alkyl or cyclic N) is 1. The van der Waals surface area contributed by atoms with E-state index in [-0.39, 0.29) is 18.8 Å². The van der Waals surface area contributed by atoms with Crippen molar-refractivity contribution in [1.29, 1.82) is 0 Å². The molecule has 0 unspecified atom stereocenters. The third-order valence-corrected chi connectivity index (χ3v) is 2.67. The quantitative estimate of drug-likeness (QED) is 0.583. The molecule has 1 aliphatic rings. The van der Waals surface area contributed by atoms with Crippen molar-refractivity contribution in [3.8, 4) is 0 Å². The lowest BCUT2D eigenvalue weighted by Gasteiger charge is -2.37. The number of carbonyl (C=O) groups is 1. The van der Waals surface area contributed by atoms with Gasteiger partial charge in [0.15, 0.2) is 0 Å². The Bertz CT molecular complexity index is 212. The number of nitrogens with one attached hydrogen (secondary N) is 1. The molecule has 2 atom stereocenters. The van der Waals surface area contributed by atoms with Crippen molar-refractivity contribution in [2.24, 2.45) is 0 Å². The van der Waals surface area contributed by atoms with Gasteiger partial charge in [-0.15, -0.1) is 0 Å². The summed E-state index contributed by atoms with van der Waals surface area (Å²) in [6.45, 7) is 2.17. The molecule has 6 heteroatoms. The number of aliphatic hydroxyl groups excluding tert-OH is 1. The summed E-state index contributed by atoms with van der Waals surface area (Å²) in [6, 6.07) is -0.151. The second-order valence-electron chi connectivity index (χ2n) is 3.64. The Kier molecular flexibility index (Phi) is 4.80. The number of nitrogens with zero attached hydrogens (tertiary/aromatic N) is 1. The number of ether oxygens (including phenoxy) is 1. The summed E-state index contributed by atoms with van der Waals surface area (Å²) in [5.41, 5.74) is 0. The molecule has 1 heterocycles. The van der Waals surface area contributed by atoms with E-state index in [0.717, 1.165) is 6.54 Å². The van der Waals surface area contributed by atoms with Crippen LogP contribution in [-0.2, 0) is 4.74 Å². The normalized spacial score (nSPS) is 27.6. The number of hydrogen-bond donors (Lipinski definition) is 3. The Labute approximate surface area is 88.8 Å². The first-order chi connectivity index (χ1) is 7.17. The zero-order valence-corrected chi connectivity index (χ0v) is 8.85. The highest BCUT2D eigenvalue weighted by Crippen LogP contribution is 2.13. The van der Waals surface area contributed by atoms with Gasteiger partial charge in [0.05, 0.1) is 18.8 Å². The Morgan fingerprint density at radius 3 is 2.93 bits per heavy atom. The minimum Gasteiger partial charge on any atom is -0.465 e. The molecule has 1 aliphatic heterocycles. The third kappa shape index (κ3) is 3.65. The van der Waals surface area contributed by atoms with E-state index in [9.17, 15) is 4.79 Å². The number of likely N-dealkylation sites (tertiary alicyclic amines) is 1. The van der Waals surface area contributed by atoms with Crippen molar-refractivity contribution in [1.82, 2.24) is 10.2 Å². The lowest BCUT2D eigenvalue weighted by molar-refractivity contribution is 0.00273. The minimum absolute atomic E-state index is 0.119. The average molecular weight is 218 g/mol. The molecule has 0 radical (unpaired) electrons. The van der Waals surface area contributed by atoms with Gasteiger partial charge in [-0.25, -0.2) is 4.79 Å². The maximum atomic E-state index is 10.5. The van der Waals surface area contributed by atoms with Crippen LogP contribution in [0.2, 0.25) is 0 Å². The fourth-order valence-electron chi connectivity index (χ4n) is 1.89. The van der Waals surface area contributed by atoms with Crippen molar-refractivity contribution in [2.45, 2.75) is 18.6 Å². The van der Waals surface area contributed by atoms with Crippen LogP contribution in [0, 0.1) is 0 Å². The van der Waals surface area contributed by atoms with E-state index in [0.29, 0.717) is 19.5 Å². The summed E-state index contributed by atoms with van der Waals surface area (Å²) in [5.74, 6) is 0. The van der Waals surface area contributed by atoms with Crippen LogP contribution in [-0.4, -0.2) is 66.7 Å². The van der Waals surface area contributed by atoms with E-state index in [1.807, 2.05) is 0 Å². The number of carboxylic acid groups (broad SMARTS) is 1. The maximum absolute atomic E-state index is 10.5. The number of methoxy groups -OCH3 is 1. The Hall–Kier alpha value is -0.850. The minimum atomic E-state index is -1.02. The lowest BCUT2D eigenvalue weighted by Crippen LogP contribution is -2.54. The zero-order chi connectivity index (χ0) is 11.3. The summed E-state index contributed by atoms with van der Waals surface area (Å²) in [5, 5.41) is 19.9. The smallest absolute Gasteiger partial charge is 0.404 e. The second kappa shape index (κ2) is 5.89. The molecule has 0 saturated carbocycles. The van der Waals surface area contributed by atoms with Gasteiger partial charge < -0.3 is 20.3 Å². The molecule has 0 spiro atoms. The molecule has 1 fully saturated rings. The van der Waals surface area contributed by atoms with Gasteiger partial charge in [0.1, 0.15) is 0 Å². The lowest BCUT2D eigenvalue weighted by atomic mass is 10.0. The Morgan fingerprint density at radius 2 is 2.40 bits per heavy atom. The van der Waals surface area contributed by atoms with Crippen LogP contribution < -0.4 is 5.32 Å². The van der Waals surface area contributed by atoms with Gasteiger partial charge in [-0.05, 0) is 6.42 Å². The predicted octanol–water partition coefficient (Wildman–Crippen LogP) is -0.664. The van der Waals surface area contributed by atoms with Gasteiger partial charge in [-0.1, -0.05) is 0 Å². The fraction of sp³-hybridized carbons (Fsp3) is 0.889. The number of rotatable bonds is 4. The molecule has 0 aromatic rings. The van der Waals surface area contributed by atoms with Crippen molar-refractivity contribution in [3.05, 3.63) is 0 Å². The van der Waals surface area contributed by atoms with E-state index in [1.54, 1.807) is 7.11 Å². The van der Waals surface area contributed by atoms with E-state index in [4.69, 9.17) is 14.9 Å². The van der Waals surface area contributed by atoms with Gasteiger partial charge in [-0.2, -0.15) is 0 Å². The van der Waals surface area contributed by atoms with Crippen LogP contribution in [0.5, 0.6) is 0 Å². The van der Waals surface area contributed by atoms with Crippen molar-refractivity contribution < 1.29 is 19.7 Å². The molecule has 15 heavy (non-hydrogen) atoms. The number of hydrogen-bond acceptors (Lipinski definition) is 4. The van der Waals surface area contributed by atoms with Crippen molar-refractivity contribution in [2.75, 3.05) is 33.4 Å². The van der Waals surface area contributed by atoms with Crippen molar-refractivity contribution >= 4 is 6.09 Å². The van der Waals surface area contributed by atoms with Crippen LogP contribution in [0.15, 0.2) is 0 Å². The highest BCUT2D eigenvalue weighted by Gasteiger charge is 2.29. The summed E-state index contributed by atoms with van der Waals surface area (Å²) in [7, 11) is 1.57. The van der Waals surface area contributed by atoms with E-state index in [1.165, 1.54) is 0 Å². The van der Waals surface area contributed by atoms with E-state index < -0.39 is 6.09 Å². The fourth-order valence-corrected chi connectivity index (χ4v) is 1.89. The predicted molar refractivity (Wildman–Crippen MR) is 53.9 cm³/mol. The molecule has 3 N–H and O–H groups in total. The van der Waals surface area contributed by atoms with Crippen LogP contribution >= 0.6 is 0 Å². The molecule has 1 amide bonds. The first-order valence-corrected chi connectivity index (χ1v) is 5.03. The summed E-state index contributed by atoms with van der Waals surface area (Å²) >= 11 is 0. The second-order valence-corrected chi connectivity index (χ2v) is 3.64. The molecule has 0 aliphatic carbocycles. The zero-order valence-electron chi connectivity index (χ0n) is 8.85.